The van der Waals surface area contributed by atoms with Crippen LogP contribution in [0.5, 0.6) is 0 Å². The van der Waals surface area contributed by atoms with Gasteiger partial charge in [-0.15, -0.1) is 0 Å². The third kappa shape index (κ3) is 2.64. The van der Waals surface area contributed by atoms with E-state index in [0.29, 0.717) is 0 Å². The van der Waals surface area contributed by atoms with Crippen molar-refractivity contribution in [2.24, 2.45) is 0 Å². The lowest BCUT2D eigenvalue weighted by atomic mass is 10.1. The number of nitrogens with zero attached hydrogens (tertiary/aromatic N) is 1. The van der Waals surface area contributed by atoms with E-state index in [1.165, 1.54) is 30.3 Å². The van der Waals surface area contributed by atoms with E-state index in [4.69, 9.17) is 0 Å². The molecule has 1 heterocycles. The van der Waals surface area contributed by atoms with Crippen molar-refractivity contribution in [2.45, 2.75) is 0 Å². The number of hydrogen-bond donors (Lipinski definition) is 1. The molecule has 0 unspecified atom stereocenters. The molecule has 1 aliphatic heterocycles. The van der Waals surface area contributed by atoms with Gasteiger partial charge in [0.2, 0.25) is 0 Å². The molecule has 0 atom stereocenters. The predicted octanol–water partition coefficient (Wildman–Crippen LogP) is 1.99. The minimum Gasteiger partial charge on any atom is -0.350 e. The summed E-state index contributed by atoms with van der Waals surface area (Å²) in [6.07, 6.45) is 0. The largest absolute Gasteiger partial charge is 0.350 e. The van der Waals surface area contributed by atoms with Gasteiger partial charge in [0.1, 0.15) is 11.6 Å². The third-order valence-electron chi connectivity index (χ3n) is 3.69. The van der Waals surface area contributed by atoms with Gasteiger partial charge < -0.3 is 5.32 Å². The fourth-order valence-corrected chi connectivity index (χ4v) is 2.52. The first-order valence-corrected chi connectivity index (χ1v) is 7.18. The molecular weight excluding hydrogens is 318 g/mol. The number of rotatable bonds is 4. The zero-order valence-corrected chi connectivity index (χ0v) is 12.4. The Balaban J connectivity index is 1.65. The molecule has 0 aromatic heterocycles. The molecule has 3 rings (SSSR count). The Hall–Kier alpha value is -3.09. The summed E-state index contributed by atoms with van der Waals surface area (Å²) in [6.45, 7) is -0.202. The van der Waals surface area contributed by atoms with Crippen LogP contribution in [0.15, 0.2) is 42.5 Å². The summed E-state index contributed by atoms with van der Waals surface area (Å²) >= 11 is 0. The summed E-state index contributed by atoms with van der Waals surface area (Å²) in [6, 6.07) is 9.28. The number of hydrogen-bond acceptors (Lipinski definition) is 3. The Labute approximate surface area is 135 Å². The maximum absolute atomic E-state index is 13.7. The normalized spacial score (nSPS) is 13.2. The summed E-state index contributed by atoms with van der Waals surface area (Å²) in [5.41, 5.74) is -0.394. The highest BCUT2D eigenvalue weighted by molar-refractivity contribution is 6.21. The maximum atomic E-state index is 13.7. The highest BCUT2D eigenvalue weighted by Gasteiger charge is 2.37. The Bertz CT molecular complexity index is 851. The molecule has 3 amide bonds. The van der Waals surface area contributed by atoms with Crippen molar-refractivity contribution in [1.82, 2.24) is 10.2 Å². The minimum atomic E-state index is -0.760. The van der Waals surface area contributed by atoms with Crippen molar-refractivity contribution in [1.29, 1.82) is 0 Å². The van der Waals surface area contributed by atoms with Crippen molar-refractivity contribution >= 4 is 17.7 Å². The fourth-order valence-electron chi connectivity index (χ4n) is 2.52. The van der Waals surface area contributed by atoms with E-state index in [2.05, 4.69) is 5.32 Å². The molecule has 7 heteroatoms. The van der Waals surface area contributed by atoms with Crippen LogP contribution >= 0.6 is 0 Å². The highest BCUT2D eigenvalue weighted by atomic mass is 19.1. The minimum absolute atomic E-state index is 0.000398. The maximum Gasteiger partial charge on any atom is 0.264 e. The first kappa shape index (κ1) is 15.8. The zero-order valence-electron chi connectivity index (χ0n) is 12.4. The van der Waals surface area contributed by atoms with Crippen LogP contribution in [0.4, 0.5) is 8.78 Å². The van der Waals surface area contributed by atoms with Gasteiger partial charge in [-0.3, -0.25) is 19.3 Å². The molecule has 0 radical (unpaired) electrons. The summed E-state index contributed by atoms with van der Waals surface area (Å²) in [5.74, 6) is -3.44. The van der Waals surface area contributed by atoms with Gasteiger partial charge >= 0.3 is 0 Å². The Morgan fingerprint density at radius 2 is 1.67 bits per heavy atom. The average molecular weight is 330 g/mol. The smallest absolute Gasteiger partial charge is 0.264 e. The molecule has 1 N–H and O–H groups in total. The summed E-state index contributed by atoms with van der Waals surface area (Å²) in [5, 5.41) is 2.43. The molecule has 0 fully saturated rings. The van der Waals surface area contributed by atoms with Crippen LogP contribution in [0.1, 0.15) is 31.1 Å². The monoisotopic (exact) mass is 330 g/mol. The van der Waals surface area contributed by atoms with Gasteiger partial charge in [-0.25, -0.2) is 8.78 Å². The van der Waals surface area contributed by atoms with Crippen LogP contribution in [0.25, 0.3) is 0 Å². The molecule has 0 bridgehead atoms. The fraction of sp³-hybridized carbons (Fsp3) is 0.118. The molecule has 5 nitrogen and oxygen atoms in total. The lowest BCUT2D eigenvalue weighted by Gasteiger charge is -2.14. The zero-order chi connectivity index (χ0) is 17.3. The molecular formula is C17H12F2N2O3. The predicted molar refractivity (Wildman–Crippen MR) is 80.5 cm³/mol. The van der Waals surface area contributed by atoms with Crippen LogP contribution in [0.3, 0.4) is 0 Å². The first-order chi connectivity index (χ1) is 11.5. The lowest BCUT2D eigenvalue weighted by molar-refractivity contribution is 0.0648. The number of carbonyl (C=O) groups excluding carboxylic acids is 3. The lowest BCUT2D eigenvalue weighted by Crippen LogP contribution is -2.38. The van der Waals surface area contributed by atoms with Crippen molar-refractivity contribution in [3.05, 3.63) is 70.8 Å². The Morgan fingerprint density at radius 3 is 2.38 bits per heavy atom. The van der Waals surface area contributed by atoms with Crippen LogP contribution in [-0.2, 0) is 0 Å². The molecule has 0 saturated carbocycles. The van der Waals surface area contributed by atoms with Crippen LogP contribution < -0.4 is 5.32 Å². The molecule has 122 valence electrons. The van der Waals surface area contributed by atoms with Crippen molar-refractivity contribution < 1.29 is 23.2 Å². The van der Waals surface area contributed by atoms with E-state index < -0.39 is 29.4 Å². The van der Waals surface area contributed by atoms with Crippen molar-refractivity contribution in [2.75, 3.05) is 13.1 Å². The van der Waals surface area contributed by atoms with Crippen LogP contribution in [0.2, 0.25) is 0 Å². The second-order valence-corrected chi connectivity index (χ2v) is 5.16. The molecule has 1 aliphatic rings. The average Bonchev–Trinajstić information content (AvgIpc) is 2.81. The molecule has 0 saturated heterocycles. The van der Waals surface area contributed by atoms with E-state index in [0.717, 1.165) is 17.0 Å². The molecule has 0 spiro atoms. The second kappa shape index (κ2) is 6.19. The van der Waals surface area contributed by atoms with E-state index in [-0.39, 0.29) is 29.8 Å². The molecule has 24 heavy (non-hydrogen) atoms. The number of benzene rings is 2. The van der Waals surface area contributed by atoms with Crippen molar-refractivity contribution in [3.63, 3.8) is 0 Å². The quantitative estimate of drug-likeness (QED) is 0.872. The highest BCUT2D eigenvalue weighted by Crippen LogP contribution is 2.24. The van der Waals surface area contributed by atoms with E-state index in [9.17, 15) is 23.2 Å². The third-order valence-corrected chi connectivity index (χ3v) is 3.69. The van der Waals surface area contributed by atoms with Crippen LogP contribution in [-0.4, -0.2) is 35.7 Å². The summed E-state index contributed by atoms with van der Waals surface area (Å²) in [4.78, 5) is 37.0. The SMILES string of the molecule is O=C(NCCN1C(=O)c2cccc(F)c2C1=O)c1ccccc1F. The van der Waals surface area contributed by atoms with Gasteiger partial charge in [0.05, 0.1) is 16.7 Å². The molecule has 2 aromatic rings. The Morgan fingerprint density at radius 1 is 0.958 bits per heavy atom. The number of fused-ring (bicyclic) bond motifs is 1. The Kier molecular flexibility index (Phi) is 4.07. The van der Waals surface area contributed by atoms with Crippen LogP contribution in [0, 0.1) is 11.6 Å². The number of carbonyl (C=O) groups is 3. The van der Waals surface area contributed by atoms with E-state index >= 15 is 0 Å². The first-order valence-electron chi connectivity index (χ1n) is 7.18. The van der Waals surface area contributed by atoms with Gasteiger partial charge in [-0.1, -0.05) is 18.2 Å². The van der Waals surface area contributed by atoms with Gasteiger partial charge in [0, 0.05) is 13.1 Å². The second-order valence-electron chi connectivity index (χ2n) is 5.16. The number of amides is 3. The number of halogens is 2. The number of nitrogens with one attached hydrogen (secondary N) is 1. The standard InChI is InChI=1S/C17H12F2N2O3/c18-12-6-2-1-4-10(12)15(22)20-8-9-21-16(23)11-5-3-7-13(19)14(11)17(21)24/h1-7H,8-9H2,(H,20,22). The summed E-state index contributed by atoms with van der Waals surface area (Å²) < 4.78 is 27.2. The van der Waals surface area contributed by atoms with Crippen molar-refractivity contribution in [3.8, 4) is 0 Å². The van der Waals surface area contributed by atoms with Gasteiger partial charge in [0.15, 0.2) is 0 Å². The van der Waals surface area contributed by atoms with Gasteiger partial charge in [0.25, 0.3) is 17.7 Å². The number of imide groups is 1. The molecule has 2 aromatic carbocycles. The topological polar surface area (TPSA) is 66.5 Å². The van der Waals surface area contributed by atoms with E-state index in [1.807, 2.05) is 0 Å². The van der Waals surface area contributed by atoms with Gasteiger partial charge in [-0.05, 0) is 24.3 Å². The van der Waals surface area contributed by atoms with Gasteiger partial charge in [-0.2, -0.15) is 0 Å². The summed E-state index contributed by atoms with van der Waals surface area (Å²) in [7, 11) is 0. The van der Waals surface area contributed by atoms with E-state index in [1.54, 1.807) is 0 Å². The molecule has 0 aliphatic carbocycles.